The fourth-order valence-corrected chi connectivity index (χ4v) is 3.76. The third-order valence-corrected chi connectivity index (χ3v) is 5.34. The van der Waals surface area contributed by atoms with Gasteiger partial charge in [-0.15, -0.1) is 0 Å². The van der Waals surface area contributed by atoms with Gasteiger partial charge in [0.15, 0.2) is 5.78 Å². The fraction of sp³-hybridized carbons (Fsp3) is 0.240. The van der Waals surface area contributed by atoms with Gasteiger partial charge in [-0.2, -0.15) is 0 Å². The maximum atomic E-state index is 13.6. The second-order valence-electron chi connectivity index (χ2n) is 7.84. The number of hydrogen-bond acceptors (Lipinski definition) is 4. The highest BCUT2D eigenvalue weighted by Gasteiger charge is 2.29. The zero-order valence-electron chi connectivity index (χ0n) is 16.8. The lowest BCUT2D eigenvalue weighted by atomic mass is 9.92. The van der Waals surface area contributed by atoms with Gasteiger partial charge in [0.05, 0.1) is 23.7 Å². The van der Waals surface area contributed by atoms with Gasteiger partial charge in [0.25, 0.3) is 0 Å². The Bertz CT molecular complexity index is 1170. The average Bonchev–Trinajstić information content (AvgIpc) is 3.56. The average molecular weight is 419 g/mol. The molecular weight excluding hydrogens is 397 g/mol. The number of benzene rings is 2. The Morgan fingerprint density at radius 2 is 1.81 bits per heavy atom. The van der Waals surface area contributed by atoms with E-state index in [1.165, 1.54) is 18.2 Å². The molecule has 0 bridgehead atoms. The molecule has 158 valence electrons. The Hall–Kier alpha value is -3.38. The number of aromatic nitrogens is 1. The normalized spacial score (nSPS) is 14.8. The van der Waals surface area contributed by atoms with Crippen molar-refractivity contribution in [2.24, 2.45) is 0 Å². The van der Waals surface area contributed by atoms with Gasteiger partial charge in [-0.3, -0.25) is 14.6 Å². The summed E-state index contributed by atoms with van der Waals surface area (Å²) in [5.74, 6) is -1.55. The first-order chi connectivity index (χ1) is 14.9. The maximum absolute atomic E-state index is 13.6. The van der Waals surface area contributed by atoms with Crippen LogP contribution in [0.3, 0.4) is 0 Å². The number of carbonyl (C=O) groups excluding carboxylic acids is 1. The Morgan fingerprint density at radius 3 is 2.48 bits per heavy atom. The van der Waals surface area contributed by atoms with E-state index in [-0.39, 0.29) is 18.0 Å². The van der Waals surface area contributed by atoms with E-state index in [0.717, 1.165) is 46.1 Å². The van der Waals surface area contributed by atoms with Gasteiger partial charge in [-0.25, -0.2) is 4.39 Å². The summed E-state index contributed by atoms with van der Waals surface area (Å²) in [6.07, 6.45) is 3.11. The van der Waals surface area contributed by atoms with Crippen LogP contribution in [-0.4, -0.2) is 33.1 Å². The van der Waals surface area contributed by atoms with E-state index in [2.05, 4.69) is 0 Å². The van der Waals surface area contributed by atoms with Crippen LogP contribution in [0.5, 0.6) is 0 Å². The first kappa shape index (κ1) is 20.9. The molecular formula is C25H22FNO4. The quantitative estimate of drug-likeness (QED) is 0.516. The van der Waals surface area contributed by atoms with E-state index in [0.29, 0.717) is 5.92 Å². The minimum absolute atomic E-state index is 0.269. The molecule has 0 unspecified atom stereocenters. The minimum atomic E-state index is -1.23. The standard InChI is InChI=1S/C25H22FNO4/c26-17-9-7-15(8-10-17)24-20-3-1-2-4-22(20)27-25(16-5-6-16)21(24)12-11-18(28)13-19(29)14-23(30)31/h1-4,7-12,16,19,29H,5-6,13-14H2,(H,30,31)/t19-/m1/s1. The van der Waals surface area contributed by atoms with Crippen molar-refractivity contribution in [2.45, 2.75) is 37.7 Å². The predicted molar refractivity (Wildman–Crippen MR) is 116 cm³/mol. The van der Waals surface area contributed by atoms with Crippen molar-refractivity contribution >= 4 is 28.7 Å². The van der Waals surface area contributed by atoms with Gasteiger partial charge < -0.3 is 10.2 Å². The molecule has 4 rings (SSSR count). The molecule has 6 heteroatoms. The molecule has 1 aliphatic rings. The molecule has 1 atom stereocenters. The van der Waals surface area contributed by atoms with Gasteiger partial charge >= 0.3 is 5.97 Å². The number of carboxylic acids is 1. The molecule has 1 aliphatic carbocycles. The molecule has 1 heterocycles. The first-order valence-electron chi connectivity index (χ1n) is 10.2. The number of hydrogen-bond donors (Lipinski definition) is 2. The molecule has 31 heavy (non-hydrogen) atoms. The number of carbonyl (C=O) groups is 2. The second-order valence-corrected chi connectivity index (χ2v) is 7.84. The number of aliphatic carboxylic acids is 1. The lowest BCUT2D eigenvalue weighted by Crippen LogP contribution is -2.16. The summed E-state index contributed by atoms with van der Waals surface area (Å²) in [4.78, 5) is 27.9. The van der Waals surface area contributed by atoms with E-state index in [1.54, 1.807) is 18.2 Å². The number of fused-ring (bicyclic) bond motifs is 1. The van der Waals surface area contributed by atoms with Gasteiger partial charge in [0.2, 0.25) is 0 Å². The summed E-state index contributed by atoms with van der Waals surface area (Å²) >= 11 is 0. The molecule has 2 N–H and O–H groups in total. The van der Waals surface area contributed by atoms with E-state index >= 15 is 0 Å². The Balaban J connectivity index is 1.80. The Labute approximate surface area is 178 Å². The number of halogens is 1. The van der Waals surface area contributed by atoms with Crippen LogP contribution in [0.2, 0.25) is 0 Å². The molecule has 0 saturated heterocycles. The van der Waals surface area contributed by atoms with Gasteiger partial charge in [0.1, 0.15) is 5.82 Å². The zero-order valence-corrected chi connectivity index (χ0v) is 16.8. The van der Waals surface area contributed by atoms with Gasteiger partial charge in [0, 0.05) is 28.9 Å². The third kappa shape index (κ3) is 4.86. The van der Waals surface area contributed by atoms with Crippen molar-refractivity contribution in [3.8, 4) is 11.1 Å². The Kier molecular flexibility index (Phi) is 5.91. The summed E-state index contributed by atoms with van der Waals surface area (Å²) in [6, 6.07) is 14.0. The number of pyridine rings is 1. The highest BCUT2D eigenvalue weighted by Crippen LogP contribution is 2.45. The highest BCUT2D eigenvalue weighted by atomic mass is 19.1. The summed E-state index contributed by atoms with van der Waals surface area (Å²) < 4.78 is 13.6. The van der Waals surface area contributed by atoms with Crippen LogP contribution in [0.1, 0.15) is 42.9 Å². The molecule has 0 aliphatic heterocycles. The van der Waals surface area contributed by atoms with Crippen molar-refractivity contribution in [1.82, 2.24) is 4.98 Å². The highest BCUT2D eigenvalue weighted by molar-refractivity contribution is 6.02. The van der Waals surface area contributed by atoms with Crippen molar-refractivity contribution in [3.05, 3.63) is 71.7 Å². The molecule has 0 amide bonds. The molecule has 0 radical (unpaired) electrons. The summed E-state index contributed by atoms with van der Waals surface area (Å²) in [7, 11) is 0. The van der Waals surface area contributed by atoms with Crippen molar-refractivity contribution < 1.29 is 24.2 Å². The third-order valence-electron chi connectivity index (χ3n) is 5.34. The Morgan fingerprint density at radius 1 is 1.10 bits per heavy atom. The number of rotatable bonds is 8. The van der Waals surface area contributed by atoms with Crippen LogP contribution in [0.4, 0.5) is 4.39 Å². The zero-order chi connectivity index (χ0) is 22.0. The predicted octanol–water partition coefficient (Wildman–Crippen LogP) is 4.73. The lowest BCUT2D eigenvalue weighted by Gasteiger charge is -2.15. The number of allylic oxidation sites excluding steroid dienone is 1. The molecule has 0 spiro atoms. The van der Waals surface area contributed by atoms with Gasteiger partial charge in [-0.05, 0) is 48.8 Å². The number of nitrogens with zero attached hydrogens (tertiary/aromatic N) is 1. The molecule has 1 fully saturated rings. The summed E-state index contributed by atoms with van der Waals surface area (Å²) in [6.45, 7) is 0. The van der Waals surface area contributed by atoms with Crippen LogP contribution in [0.15, 0.2) is 54.6 Å². The maximum Gasteiger partial charge on any atom is 0.305 e. The van der Waals surface area contributed by atoms with Crippen LogP contribution in [0.25, 0.3) is 28.1 Å². The van der Waals surface area contributed by atoms with Crippen molar-refractivity contribution in [1.29, 1.82) is 0 Å². The van der Waals surface area contributed by atoms with Crippen molar-refractivity contribution in [2.75, 3.05) is 0 Å². The summed E-state index contributed by atoms with van der Waals surface area (Å²) in [5.41, 5.74) is 4.23. The van der Waals surface area contributed by atoms with Crippen LogP contribution >= 0.6 is 0 Å². The van der Waals surface area contributed by atoms with E-state index < -0.39 is 18.5 Å². The topological polar surface area (TPSA) is 87.5 Å². The van der Waals surface area contributed by atoms with Crippen molar-refractivity contribution in [3.63, 3.8) is 0 Å². The molecule has 1 saturated carbocycles. The number of para-hydroxylation sites is 1. The molecule has 2 aromatic carbocycles. The largest absolute Gasteiger partial charge is 0.481 e. The molecule has 1 aromatic heterocycles. The van der Waals surface area contributed by atoms with E-state index in [1.807, 2.05) is 24.3 Å². The van der Waals surface area contributed by atoms with Crippen LogP contribution < -0.4 is 0 Å². The number of aliphatic hydroxyl groups excluding tert-OH is 1. The monoisotopic (exact) mass is 419 g/mol. The van der Waals surface area contributed by atoms with Crippen LogP contribution in [-0.2, 0) is 9.59 Å². The van der Waals surface area contributed by atoms with E-state index in [9.17, 15) is 19.1 Å². The van der Waals surface area contributed by atoms with E-state index in [4.69, 9.17) is 10.1 Å². The second kappa shape index (κ2) is 8.78. The fourth-order valence-electron chi connectivity index (χ4n) is 3.76. The number of carboxylic acid groups (broad SMARTS) is 1. The summed E-state index contributed by atoms with van der Waals surface area (Å²) in [5, 5.41) is 19.4. The lowest BCUT2D eigenvalue weighted by molar-refractivity contribution is -0.139. The molecule has 3 aromatic rings. The number of aliphatic hydroxyl groups is 1. The first-order valence-corrected chi connectivity index (χ1v) is 10.2. The smallest absolute Gasteiger partial charge is 0.305 e. The van der Waals surface area contributed by atoms with Crippen LogP contribution in [0, 0.1) is 5.82 Å². The molecule has 5 nitrogen and oxygen atoms in total. The minimum Gasteiger partial charge on any atom is -0.481 e. The number of ketones is 1. The SMILES string of the molecule is O=C(O)C[C@H](O)CC(=O)C=Cc1c(C2CC2)nc2ccccc2c1-c1ccc(F)cc1. The van der Waals surface area contributed by atoms with Gasteiger partial charge in [-0.1, -0.05) is 30.3 Å².